The lowest BCUT2D eigenvalue weighted by Crippen LogP contribution is -2.18. The fourth-order valence-corrected chi connectivity index (χ4v) is 2.59. The SMILES string of the molecule is O=C(O)c1ccc2c(c1)CC(Cc1ccccc1)N2. The first kappa shape index (κ1) is 11.8. The van der Waals surface area contributed by atoms with Crippen molar-refractivity contribution in [1.29, 1.82) is 0 Å². The first-order chi connectivity index (χ1) is 9.22. The monoisotopic (exact) mass is 253 g/mol. The molecule has 1 unspecified atom stereocenters. The quantitative estimate of drug-likeness (QED) is 0.884. The highest BCUT2D eigenvalue weighted by Gasteiger charge is 2.21. The largest absolute Gasteiger partial charge is 0.478 e. The molecule has 0 bridgehead atoms. The van der Waals surface area contributed by atoms with Crippen molar-refractivity contribution in [3.8, 4) is 0 Å². The van der Waals surface area contributed by atoms with Crippen LogP contribution in [0.1, 0.15) is 21.5 Å². The number of hydrogen-bond donors (Lipinski definition) is 2. The number of nitrogens with one attached hydrogen (secondary N) is 1. The number of rotatable bonds is 3. The summed E-state index contributed by atoms with van der Waals surface area (Å²) in [6, 6.07) is 16.0. The van der Waals surface area contributed by atoms with Gasteiger partial charge in [0.05, 0.1) is 5.56 Å². The van der Waals surface area contributed by atoms with E-state index in [1.807, 2.05) is 24.3 Å². The van der Waals surface area contributed by atoms with Crippen LogP contribution in [0.15, 0.2) is 48.5 Å². The Hall–Kier alpha value is -2.29. The van der Waals surface area contributed by atoms with E-state index >= 15 is 0 Å². The minimum atomic E-state index is -0.866. The predicted molar refractivity (Wildman–Crippen MR) is 74.7 cm³/mol. The Labute approximate surface area is 111 Å². The molecule has 0 fully saturated rings. The Bertz CT molecular complexity index is 607. The fraction of sp³-hybridized carbons (Fsp3) is 0.188. The molecule has 19 heavy (non-hydrogen) atoms. The molecule has 0 saturated carbocycles. The molecule has 3 rings (SSSR count). The van der Waals surface area contributed by atoms with Crippen LogP contribution in [0.4, 0.5) is 5.69 Å². The van der Waals surface area contributed by atoms with Crippen molar-refractivity contribution in [3.05, 3.63) is 65.2 Å². The molecule has 3 nitrogen and oxygen atoms in total. The van der Waals surface area contributed by atoms with Crippen molar-refractivity contribution in [3.63, 3.8) is 0 Å². The van der Waals surface area contributed by atoms with E-state index in [-0.39, 0.29) is 0 Å². The van der Waals surface area contributed by atoms with E-state index < -0.39 is 5.97 Å². The van der Waals surface area contributed by atoms with Gasteiger partial charge in [-0.25, -0.2) is 4.79 Å². The third kappa shape index (κ3) is 2.45. The number of carbonyl (C=O) groups is 1. The number of anilines is 1. The van der Waals surface area contributed by atoms with E-state index in [1.165, 1.54) is 5.56 Å². The van der Waals surface area contributed by atoms with Gasteiger partial charge in [0, 0.05) is 11.7 Å². The normalized spacial score (nSPS) is 16.7. The number of benzene rings is 2. The van der Waals surface area contributed by atoms with Crippen molar-refractivity contribution in [2.24, 2.45) is 0 Å². The molecule has 3 heteroatoms. The molecule has 1 aliphatic heterocycles. The first-order valence-corrected chi connectivity index (χ1v) is 6.39. The Kier molecular flexibility index (Phi) is 2.95. The van der Waals surface area contributed by atoms with Gasteiger partial charge in [0.25, 0.3) is 0 Å². The average molecular weight is 253 g/mol. The highest BCUT2D eigenvalue weighted by atomic mass is 16.4. The van der Waals surface area contributed by atoms with Crippen LogP contribution in [0.25, 0.3) is 0 Å². The predicted octanol–water partition coefficient (Wildman–Crippen LogP) is 2.96. The van der Waals surface area contributed by atoms with Gasteiger partial charge in [0.15, 0.2) is 0 Å². The fourth-order valence-electron chi connectivity index (χ4n) is 2.59. The van der Waals surface area contributed by atoms with Gasteiger partial charge < -0.3 is 10.4 Å². The molecular weight excluding hydrogens is 238 g/mol. The van der Waals surface area contributed by atoms with Gasteiger partial charge in [-0.1, -0.05) is 30.3 Å². The van der Waals surface area contributed by atoms with Crippen LogP contribution in [-0.4, -0.2) is 17.1 Å². The molecule has 0 spiro atoms. The van der Waals surface area contributed by atoms with E-state index in [1.54, 1.807) is 12.1 Å². The second-order valence-corrected chi connectivity index (χ2v) is 4.91. The summed E-state index contributed by atoms with van der Waals surface area (Å²) in [5.41, 5.74) is 3.82. The standard InChI is InChI=1S/C16H15NO2/c18-16(19)12-6-7-15-13(9-12)10-14(17-15)8-11-4-2-1-3-5-11/h1-7,9,14,17H,8,10H2,(H,18,19). The van der Waals surface area contributed by atoms with E-state index in [4.69, 9.17) is 5.11 Å². The zero-order chi connectivity index (χ0) is 13.2. The third-order valence-corrected chi connectivity index (χ3v) is 3.50. The van der Waals surface area contributed by atoms with Gasteiger partial charge >= 0.3 is 5.97 Å². The zero-order valence-corrected chi connectivity index (χ0v) is 10.5. The molecule has 0 radical (unpaired) electrons. The smallest absolute Gasteiger partial charge is 0.335 e. The van der Waals surface area contributed by atoms with Gasteiger partial charge in [-0.3, -0.25) is 0 Å². The van der Waals surface area contributed by atoms with Gasteiger partial charge in [0.1, 0.15) is 0 Å². The Morgan fingerprint density at radius 2 is 2.00 bits per heavy atom. The summed E-state index contributed by atoms with van der Waals surface area (Å²) >= 11 is 0. The topological polar surface area (TPSA) is 49.3 Å². The van der Waals surface area contributed by atoms with Crippen molar-refractivity contribution in [2.75, 3.05) is 5.32 Å². The number of fused-ring (bicyclic) bond motifs is 1. The van der Waals surface area contributed by atoms with Crippen LogP contribution < -0.4 is 5.32 Å². The highest BCUT2D eigenvalue weighted by molar-refractivity contribution is 5.88. The summed E-state index contributed by atoms with van der Waals surface area (Å²) < 4.78 is 0. The summed E-state index contributed by atoms with van der Waals surface area (Å²) in [6.45, 7) is 0. The Morgan fingerprint density at radius 1 is 1.21 bits per heavy atom. The summed E-state index contributed by atoms with van der Waals surface area (Å²) in [5, 5.41) is 12.5. The van der Waals surface area contributed by atoms with E-state index in [0.717, 1.165) is 24.1 Å². The molecule has 2 N–H and O–H groups in total. The van der Waals surface area contributed by atoms with Gasteiger partial charge in [-0.15, -0.1) is 0 Å². The molecule has 2 aromatic carbocycles. The first-order valence-electron chi connectivity index (χ1n) is 6.39. The zero-order valence-electron chi connectivity index (χ0n) is 10.5. The summed E-state index contributed by atoms with van der Waals surface area (Å²) in [7, 11) is 0. The van der Waals surface area contributed by atoms with Gasteiger partial charge in [-0.2, -0.15) is 0 Å². The van der Waals surface area contributed by atoms with Gasteiger partial charge in [-0.05, 0) is 42.2 Å². The lowest BCUT2D eigenvalue weighted by molar-refractivity contribution is 0.0697. The van der Waals surface area contributed by atoms with Crippen molar-refractivity contribution in [1.82, 2.24) is 0 Å². The number of aromatic carboxylic acids is 1. The Balaban J connectivity index is 1.75. The molecule has 1 atom stereocenters. The second-order valence-electron chi connectivity index (χ2n) is 4.91. The maximum absolute atomic E-state index is 11.0. The van der Waals surface area contributed by atoms with Crippen LogP contribution in [0.2, 0.25) is 0 Å². The molecule has 0 aliphatic carbocycles. The van der Waals surface area contributed by atoms with Crippen LogP contribution in [-0.2, 0) is 12.8 Å². The summed E-state index contributed by atoms with van der Waals surface area (Å²) in [6.07, 6.45) is 1.84. The maximum atomic E-state index is 11.0. The number of carboxylic acids is 1. The molecule has 0 amide bonds. The van der Waals surface area contributed by atoms with Crippen LogP contribution in [0.5, 0.6) is 0 Å². The van der Waals surface area contributed by atoms with E-state index in [9.17, 15) is 4.79 Å². The molecular formula is C16H15NO2. The van der Waals surface area contributed by atoms with Crippen LogP contribution in [0, 0.1) is 0 Å². The van der Waals surface area contributed by atoms with Crippen LogP contribution in [0.3, 0.4) is 0 Å². The lowest BCUT2D eigenvalue weighted by atomic mass is 10.0. The molecule has 0 saturated heterocycles. The minimum absolute atomic E-state index is 0.349. The maximum Gasteiger partial charge on any atom is 0.335 e. The highest BCUT2D eigenvalue weighted by Crippen LogP contribution is 2.28. The molecule has 96 valence electrons. The van der Waals surface area contributed by atoms with Crippen molar-refractivity contribution < 1.29 is 9.90 Å². The molecule has 1 aliphatic rings. The Morgan fingerprint density at radius 3 is 2.74 bits per heavy atom. The summed E-state index contributed by atoms with van der Waals surface area (Å²) in [4.78, 5) is 11.0. The van der Waals surface area contributed by atoms with E-state index in [2.05, 4.69) is 17.4 Å². The van der Waals surface area contributed by atoms with Gasteiger partial charge in [0.2, 0.25) is 0 Å². The number of hydrogen-bond acceptors (Lipinski definition) is 2. The van der Waals surface area contributed by atoms with Crippen molar-refractivity contribution >= 4 is 11.7 Å². The van der Waals surface area contributed by atoms with Crippen LogP contribution >= 0.6 is 0 Å². The average Bonchev–Trinajstić information content (AvgIpc) is 2.80. The van der Waals surface area contributed by atoms with E-state index in [0.29, 0.717) is 11.6 Å². The molecule has 1 heterocycles. The molecule has 0 aromatic heterocycles. The minimum Gasteiger partial charge on any atom is -0.478 e. The lowest BCUT2D eigenvalue weighted by Gasteiger charge is -2.10. The molecule has 2 aromatic rings. The summed E-state index contributed by atoms with van der Waals surface area (Å²) in [5.74, 6) is -0.866. The van der Waals surface area contributed by atoms with Crippen molar-refractivity contribution in [2.45, 2.75) is 18.9 Å². The third-order valence-electron chi connectivity index (χ3n) is 3.50. The second kappa shape index (κ2) is 4.76. The number of carboxylic acid groups (broad SMARTS) is 1.